The first kappa shape index (κ1) is 37.4. The molecule has 9 aromatic rings. The third kappa shape index (κ3) is 6.13. The number of benzene rings is 9. The Morgan fingerprint density at radius 3 is 0.903 bits per heavy atom. The average molecular weight is 1050 g/mol. The van der Waals surface area contributed by atoms with Crippen LogP contribution in [0.2, 0.25) is 0 Å². The van der Waals surface area contributed by atoms with E-state index in [1.807, 2.05) is 0 Å². The summed E-state index contributed by atoms with van der Waals surface area (Å²) in [5.41, 5.74) is 16.6. The Morgan fingerprint density at radius 2 is 0.548 bits per heavy atom. The quantitative estimate of drug-likeness (QED) is 0.234. The van der Waals surface area contributed by atoms with Gasteiger partial charge in [-0.25, -0.2) is 0 Å². The van der Waals surface area contributed by atoms with Crippen molar-refractivity contribution in [2.45, 2.75) is 0 Å². The molecule has 0 spiro atoms. The maximum atomic E-state index is 2.72. The molecular formula is C54H34B2N2Se4. The van der Waals surface area contributed by atoms with Gasteiger partial charge in [-0.15, -0.1) is 0 Å². The first-order valence-corrected chi connectivity index (χ1v) is 27.8. The van der Waals surface area contributed by atoms with E-state index in [1.165, 1.54) is 71.8 Å². The predicted molar refractivity (Wildman–Crippen MR) is 271 cm³/mol. The third-order valence-electron chi connectivity index (χ3n) is 12.4. The van der Waals surface area contributed by atoms with E-state index < -0.39 is 0 Å². The van der Waals surface area contributed by atoms with Gasteiger partial charge in [-0.1, -0.05) is 0 Å². The van der Waals surface area contributed by atoms with Crippen molar-refractivity contribution in [2.75, 3.05) is 9.80 Å². The molecule has 0 aliphatic carbocycles. The molecule has 0 atom stereocenters. The van der Waals surface area contributed by atoms with Crippen molar-refractivity contribution >= 4 is 176 Å². The molecule has 4 aliphatic rings. The Hall–Kier alpha value is -5.21. The molecule has 4 heterocycles. The van der Waals surface area contributed by atoms with Crippen LogP contribution >= 0.6 is 0 Å². The SMILES string of the molecule is c1ccc(N(c2ccccc2)c2cc3c4c(c2)[Se]c2cc5c(cc2B4c2ccccc2[Se]3)B2c3ccccc3[Se]c3cc(N(c4ccccc4)c4ccccc4)cc(c32)[Se]5)cc1. The molecule has 0 unspecified atom stereocenters. The van der Waals surface area contributed by atoms with Gasteiger partial charge in [-0.3, -0.25) is 0 Å². The second kappa shape index (κ2) is 15.3. The number of hydrogen-bond acceptors (Lipinski definition) is 2. The van der Waals surface area contributed by atoms with Crippen LogP contribution < -0.4 is 78.3 Å². The number of anilines is 6. The Morgan fingerprint density at radius 1 is 0.242 bits per heavy atom. The summed E-state index contributed by atoms with van der Waals surface area (Å²) >= 11 is 0.717. The summed E-state index contributed by atoms with van der Waals surface area (Å²) in [4.78, 5) is 4.93. The van der Waals surface area contributed by atoms with Gasteiger partial charge in [0, 0.05) is 0 Å². The van der Waals surface area contributed by atoms with Crippen LogP contribution in [-0.2, 0) is 0 Å². The Balaban J connectivity index is 0.997. The van der Waals surface area contributed by atoms with E-state index in [9.17, 15) is 0 Å². The first-order chi connectivity index (χ1) is 30.7. The fourth-order valence-electron chi connectivity index (χ4n) is 9.82. The minimum absolute atomic E-state index is 0.150. The fourth-order valence-corrected chi connectivity index (χ4v) is 21.1. The molecule has 0 fully saturated rings. The molecule has 13 rings (SSSR count). The van der Waals surface area contributed by atoms with E-state index in [1.54, 1.807) is 30.8 Å². The van der Waals surface area contributed by atoms with Crippen molar-refractivity contribution < 1.29 is 0 Å². The van der Waals surface area contributed by atoms with Crippen LogP contribution in [0.25, 0.3) is 0 Å². The van der Waals surface area contributed by atoms with E-state index in [2.05, 4.69) is 216 Å². The molecule has 9 aromatic carbocycles. The van der Waals surface area contributed by atoms with Crippen LogP contribution in [0.15, 0.2) is 206 Å². The maximum absolute atomic E-state index is 2.72. The van der Waals surface area contributed by atoms with E-state index in [4.69, 9.17) is 0 Å². The van der Waals surface area contributed by atoms with Gasteiger partial charge in [0.2, 0.25) is 0 Å². The van der Waals surface area contributed by atoms with E-state index in [0.29, 0.717) is 0 Å². The summed E-state index contributed by atoms with van der Waals surface area (Å²) < 4.78 is 12.3. The summed E-state index contributed by atoms with van der Waals surface area (Å²) in [6, 6.07) is 78.0. The summed E-state index contributed by atoms with van der Waals surface area (Å²) in [6.45, 7) is 0.477. The first-order valence-electron chi connectivity index (χ1n) is 21.0. The summed E-state index contributed by atoms with van der Waals surface area (Å²) in [6.07, 6.45) is 0. The van der Waals surface area contributed by atoms with Crippen LogP contribution in [0, 0.1) is 0 Å². The fraction of sp³-hybridized carbons (Fsp3) is 0. The molecule has 0 saturated carbocycles. The molecule has 8 heteroatoms. The summed E-state index contributed by atoms with van der Waals surface area (Å²) in [5, 5.41) is 0. The molecule has 2 nitrogen and oxygen atoms in total. The number of hydrogen-bond donors (Lipinski definition) is 0. The zero-order valence-corrected chi connectivity index (χ0v) is 40.2. The summed E-state index contributed by atoms with van der Waals surface area (Å²) in [7, 11) is 0. The predicted octanol–water partition coefficient (Wildman–Crippen LogP) is 1.53. The second-order valence-electron chi connectivity index (χ2n) is 16.0. The van der Waals surface area contributed by atoms with Crippen LogP contribution in [0.4, 0.5) is 34.1 Å². The van der Waals surface area contributed by atoms with E-state index in [0.717, 1.165) is 0 Å². The zero-order chi connectivity index (χ0) is 40.7. The molecule has 4 aliphatic heterocycles. The standard InChI is InChI=1S/C54H34B2N2Se4/c1-5-17-35(18-6-1)57(36-19-7-2-8-20-36)39-29-49-53-51(31-39)61-47-34-48-44(33-43(47)55(53)41-25-13-15-27-45(41)59-49)56-42-26-14-16-28-46(42)60-50-30-40(32-52(62-48)54(50)56)58(37-21-9-3-10-22-37)38-23-11-4-12-24-38/h1-34H. The zero-order valence-electron chi connectivity index (χ0n) is 33.3. The van der Waals surface area contributed by atoms with Gasteiger partial charge in [0.1, 0.15) is 0 Å². The number of rotatable bonds is 6. The molecule has 0 amide bonds. The molecule has 0 aromatic heterocycles. The van der Waals surface area contributed by atoms with Crippen LogP contribution in [-0.4, -0.2) is 73.3 Å². The minimum atomic E-state index is 0.150. The van der Waals surface area contributed by atoms with Gasteiger partial charge in [0.25, 0.3) is 0 Å². The van der Waals surface area contributed by atoms with Crippen LogP contribution in [0.5, 0.6) is 0 Å². The number of para-hydroxylation sites is 4. The Labute approximate surface area is 388 Å². The molecule has 0 radical (unpaired) electrons. The molecular weight excluding hydrogens is 1010 g/mol. The van der Waals surface area contributed by atoms with Gasteiger partial charge in [0.05, 0.1) is 0 Å². The average Bonchev–Trinajstić information content (AvgIpc) is 3.32. The van der Waals surface area contributed by atoms with Gasteiger partial charge in [-0.2, -0.15) is 0 Å². The number of fused-ring (bicyclic) bond motifs is 8. The van der Waals surface area contributed by atoms with Crippen molar-refractivity contribution in [1.82, 2.24) is 0 Å². The van der Waals surface area contributed by atoms with Crippen molar-refractivity contribution in [1.29, 1.82) is 0 Å². The van der Waals surface area contributed by atoms with Crippen molar-refractivity contribution in [3.63, 3.8) is 0 Å². The van der Waals surface area contributed by atoms with Gasteiger partial charge in [0.15, 0.2) is 0 Å². The van der Waals surface area contributed by atoms with Crippen LogP contribution in [0.3, 0.4) is 0 Å². The van der Waals surface area contributed by atoms with Gasteiger partial charge in [-0.05, 0) is 0 Å². The van der Waals surface area contributed by atoms with Crippen LogP contribution in [0.1, 0.15) is 0 Å². The second-order valence-corrected chi connectivity index (χ2v) is 25.1. The number of nitrogens with zero attached hydrogens (tertiary/aromatic N) is 2. The topological polar surface area (TPSA) is 6.48 Å². The normalized spacial score (nSPS) is 13.5. The monoisotopic (exact) mass is 1050 g/mol. The molecule has 290 valence electrons. The van der Waals surface area contributed by atoms with Gasteiger partial charge >= 0.3 is 392 Å². The van der Waals surface area contributed by atoms with Crippen molar-refractivity contribution in [3.05, 3.63) is 206 Å². The molecule has 62 heavy (non-hydrogen) atoms. The van der Waals surface area contributed by atoms with E-state index >= 15 is 0 Å². The van der Waals surface area contributed by atoms with Crippen molar-refractivity contribution in [3.8, 4) is 0 Å². The molecule has 0 saturated heterocycles. The Kier molecular flexibility index (Phi) is 9.19. The van der Waals surface area contributed by atoms with E-state index in [-0.39, 0.29) is 73.3 Å². The molecule has 0 N–H and O–H groups in total. The van der Waals surface area contributed by atoms with Gasteiger partial charge < -0.3 is 0 Å². The Bertz CT molecular complexity index is 2930. The third-order valence-corrected chi connectivity index (χ3v) is 22.0. The van der Waals surface area contributed by atoms with Crippen molar-refractivity contribution in [2.24, 2.45) is 0 Å². The summed E-state index contributed by atoms with van der Waals surface area (Å²) in [5.74, 6) is 0. The molecule has 0 bridgehead atoms.